The highest BCUT2D eigenvalue weighted by Crippen LogP contribution is 2.39. The number of carbonyl (C=O) groups excluding carboxylic acids is 4. The average molecular weight is 870 g/mol. The zero-order valence-corrected chi connectivity index (χ0v) is 39.1. The molecule has 0 aromatic carbocycles. The van der Waals surface area contributed by atoms with Gasteiger partial charge in [-0.3, -0.25) is 14.4 Å². The lowest BCUT2D eigenvalue weighted by atomic mass is 9.78. The van der Waals surface area contributed by atoms with Crippen molar-refractivity contribution in [2.45, 2.75) is 187 Å². The maximum atomic E-state index is 14.3. The molecule has 1 aliphatic carbocycles. The maximum Gasteiger partial charge on any atom is 0.329 e. The number of Topliss-reactive ketones (excluding diaryl/α,β-unsaturated/α-hetero) is 2. The molecule has 1 amide bonds. The molecule has 0 radical (unpaired) electrons. The van der Waals surface area contributed by atoms with Gasteiger partial charge in [0.1, 0.15) is 23.7 Å². The number of hydrogen-bond donors (Lipinski definition) is 3. The molecule has 3 fully saturated rings. The summed E-state index contributed by atoms with van der Waals surface area (Å²) < 4.78 is 24.2. The van der Waals surface area contributed by atoms with E-state index < -0.39 is 42.0 Å². The molecule has 2 bridgehead atoms. The number of piperidine rings is 1. The second kappa shape index (κ2) is 24.3. The Morgan fingerprint density at radius 2 is 1.60 bits per heavy atom. The molecule has 3 aliphatic heterocycles. The SMILES string of the molecule is CO[C@H]1C[C@@H]2CC[C@@H](C)[C@](O)(CC(=O)N3CCCC[C@H]3C(=O)O[C@H]([C@H](C)CC3CC[C@H](O)[C@@H](OC)C3)CC(=O)[C@H](C)/C=C(\C)[C@@H](O)CC(=O)[C@H](C)C[C@H](C)\C=C/C=C/C=C/1C)O2. The van der Waals surface area contributed by atoms with Gasteiger partial charge in [-0.1, -0.05) is 71.1 Å². The monoisotopic (exact) mass is 870 g/mol. The van der Waals surface area contributed by atoms with Crippen LogP contribution in [0.2, 0.25) is 0 Å². The van der Waals surface area contributed by atoms with Gasteiger partial charge in [-0.25, -0.2) is 4.79 Å². The molecule has 1 unspecified atom stereocenters. The molecule has 3 heterocycles. The largest absolute Gasteiger partial charge is 0.460 e. The van der Waals surface area contributed by atoms with E-state index in [0.717, 1.165) is 12.0 Å². The number of aliphatic hydroxyl groups is 3. The van der Waals surface area contributed by atoms with Gasteiger partial charge < -0.3 is 39.2 Å². The summed E-state index contributed by atoms with van der Waals surface area (Å²) in [6.07, 6.45) is 14.7. The summed E-state index contributed by atoms with van der Waals surface area (Å²) in [7, 11) is 3.24. The van der Waals surface area contributed by atoms with E-state index in [1.165, 1.54) is 4.90 Å². The molecular formula is C50H79NO11. The van der Waals surface area contributed by atoms with Crippen molar-refractivity contribution in [1.82, 2.24) is 4.90 Å². The van der Waals surface area contributed by atoms with Crippen molar-refractivity contribution in [2.75, 3.05) is 20.8 Å². The van der Waals surface area contributed by atoms with E-state index in [0.29, 0.717) is 76.3 Å². The lowest BCUT2D eigenvalue weighted by molar-refractivity contribution is -0.284. The van der Waals surface area contributed by atoms with E-state index in [1.807, 2.05) is 52.0 Å². The predicted molar refractivity (Wildman–Crippen MR) is 239 cm³/mol. The number of hydrogen-bond acceptors (Lipinski definition) is 11. The van der Waals surface area contributed by atoms with E-state index in [2.05, 4.69) is 13.0 Å². The topological polar surface area (TPSA) is 169 Å². The van der Waals surface area contributed by atoms with E-state index in [1.54, 1.807) is 34.1 Å². The molecule has 1 saturated carbocycles. The van der Waals surface area contributed by atoms with Gasteiger partial charge in [0.15, 0.2) is 5.79 Å². The van der Waals surface area contributed by atoms with Crippen molar-refractivity contribution in [3.63, 3.8) is 0 Å². The van der Waals surface area contributed by atoms with E-state index >= 15 is 0 Å². The summed E-state index contributed by atoms with van der Waals surface area (Å²) >= 11 is 0. The van der Waals surface area contributed by atoms with Crippen LogP contribution in [0.5, 0.6) is 0 Å². The van der Waals surface area contributed by atoms with Crippen LogP contribution in [0.25, 0.3) is 0 Å². The number of carbonyl (C=O) groups is 4. The quantitative estimate of drug-likeness (QED) is 0.186. The average Bonchev–Trinajstić information content (AvgIpc) is 3.23. The smallest absolute Gasteiger partial charge is 0.329 e. The number of aliphatic hydroxyl groups excluding tert-OH is 2. The fourth-order valence-corrected chi connectivity index (χ4v) is 9.87. The number of ether oxygens (including phenoxy) is 4. The molecule has 0 spiro atoms. The molecule has 14 atom stereocenters. The first-order valence-electron chi connectivity index (χ1n) is 23.4. The van der Waals surface area contributed by atoms with Crippen molar-refractivity contribution < 1.29 is 53.4 Å². The summed E-state index contributed by atoms with van der Waals surface area (Å²) in [5.41, 5.74) is 1.51. The van der Waals surface area contributed by atoms with Crippen LogP contribution >= 0.6 is 0 Å². The lowest BCUT2D eigenvalue weighted by Crippen LogP contribution is -2.55. The molecule has 4 aliphatic rings. The zero-order chi connectivity index (χ0) is 45.7. The Labute approximate surface area is 371 Å². The highest BCUT2D eigenvalue weighted by atomic mass is 16.6. The molecule has 0 aromatic heterocycles. The summed E-state index contributed by atoms with van der Waals surface area (Å²) in [5, 5.41) is 33.5. The Bertz CT molecular complexity index is 1620. The Hall–Kier alpha value is -3.00. The maximum absolute atomic E-state index is 14.3. The summed E-state index contributed by atoms with van der Waals surface area (Å²) in [6.45, 7) is 13.6. The van der Waals surface area contributed by atoms with Gasteiger partial charge in [-0.05, 0) is 107 Å². The molecule has 12 nitrogen and oxygen atoms in total. The first-order chi connectivity index (χ1) is 29.3. The number of nitrogens with zero attached hydrogens (tertiary/aromatic N) is 1. The van der Waals surface area contributed by atoms with Crippen LogP contribution in [0.1, 0.15) is 138 Å². The molecule has 4 rings (SSSR count). The van der Waals surface area contributed by atoms with Crippen molar-refractivity contribution in [1.29, 1.82) is 0 Å². The minimum atomic E-state index is -1.74. The standard InChI is InChI=1S/C50H79NO11/c1-31-15-11-10-12-16-32(2)45(59-8)27-39-20-18-37(7)50(58,62-39)30-48(56)51-22-14-13-17-40(51)49(57)61-46(36(6)25-38-19-21-41(52)47(26-38)60-9)29-44(55)35(5)24-34(4)43(54)28-42(53)33(3)23-31/h10-12,15-16,24,31,33,35-41,43,45-47,52,54,58H,13-14,17-23,25-30H2,1-9H3/b12-10+,15-11-,32-16+,34-24+/t31-,33-,35-,36-,37-,38?,39+,40+,41+,43+,45+,46+,47+,50+/m1/s1. The third kappa shape index (κ3) is 14.8. The van der Waals surface area contributed by atoms with Gasteiger partial charge in [-0.15, -0.1) is 0 Å². The second-order valence-corrected chi connectivity index (χ2v) is 19.4. The summed E-state index contributed by atoms with van der Waals surface area (Å²) in [4.78, 5) is 57.3. The van der Waals surface area contributed by atoms with Crippen LogP contribution in [0.15, 0.2) is 47.6 Å². The first kappa shape index (κ1) is 51.6. The first-order valence-corrected chi connectivity index (χ1v) is 23.4. The minimum Gasteiger partial charge on any atom is -0.460 e. The Kier molecular flexibility index (Phi) is 20.3. The van der Waals surface area contributed by atoms with Gasteiger partial charge in [0.25, 0.3) is 0 Å². The van der Waals surface area contributed by atoms with Gasteiger partial charge in [0, 0.05) is 57.8 Å². The lowest BCUT2D eigenvalue weighted by Gasteiger charge is -2.44. The minimum absolute atomic E-state index is 0.0510. The number of cyclic esters (lactones) is 1. The van der Waals surface area contributed by atoms with Gasteiger partial charge in [-0.2, -0.15) is 0 Å². The fourth-order valence-electron chi connectivity index (χ4n) is 9.87. The second-order valence-electron chi connectivity index (χ2n) is 19.4. The van der Waals surface area contributed by atoms with Crippen molar-refractivity contribution in [3.8, 4) is 0 Å². The third-order valence-electron chi connectivity index (χ3n) is 14.2. The van der Waals surface area contributed by atoms with E-state index in [9.17, 15) is 34.5 Å². The Morgan fingerprint density at radius 1 is 0.855 bits per heavy atom. The van der Waals surface area contributed by atoms with Crippen LogP contribution in [0, 0.1) is 35.5 Å². The number of ketones is 2. The number of methoxy groups -OCH3 is 2. The number of esters is 1. The highest BCUT2D eigenvalue weighted by Gasteiger charge is 2.46. The fraction of sp³-hybridized carbons (Fsp3) is 0.760. The Balaban J connectivity index is 1.64. The molecule has 3 N–H and O–H groups in total. The number of fused-ring (bicyclic) bond motifs is 3. The number of amides is 1. The highest BCUT2D eigenvalue weighted by molar-refractivity contribution is 5.86. The predicted octanol–water partition coefficient (Wildman–Crippen LogP) is 7.38. The number of rotatable bonds is 5. The normalized spacial score (nSPS) is 40.5. The molecule has 12 heteroatoms. The summed E-state index contributed by atoms with van der Waals surface area (Å²) in [6, 6.07) is -0.885. The van der Waals surface area contributed by atoms with E-state index in [4.69, 9.17) is 18.9 Å². The van der Waals surface area contributed by atoms with Gasteiger partial charge in [0.2, 0.25) is 5.91 Å². The van der Waals surface area contributed by atoms with Crippen LogP contribution in [0.4, 0.5) is 0 Å². The van der Waals surface area contributed by atoms with Crippen LogP contribution in [-0.2, 0) is 38.1 Å². The summed E-state index contributed by atoms with van der Waals surface area (Å²) in [5.74, 6) is -4.09. The van der Waals surface area contributed by atoms with Crippen molar-refractivity contribution in [2.24, 2.45) is 35.5 Å². The van der Waals surface area contributed by atoms with E-state index in [-0.39, 0.29) is 84.6 Å². The molecule has 62 heavy (non-hydrogen) atoms. The molecule has 350 valence electrons. The van der Waals surface area contributed by atoms with Crippen LogP contribution in [0.3, 0.4) is 0 Å². The zero-order valence-electron chi connectivity index (χ0n) is 39.1. The number of allylic oxidation sites excluding steroid dienone is 6. The Morgan fingerprint density at radius 3 is 2.31 bits per heavy atom. The van der Waals surface area contributed by atoms with Crippen molar-refractivity contribution >= 4 is 23.4 Å². The molecule has 0 aromatic rings. The van der Waals surface area contributed by atoms with Crippen LogP contribution < -0.4 is 0 Å². The van der Waals surface area contributed by atoms with Gasteiger partial charge in [0.05, 0.1) is 36.9 Å². The third-order valence-corrected chi connectivity index (χ3v) is 14.2. The molecular weight excluding hydrogens is 791 g/mol. The van der Waals surface area contributed by atoms with Crippen molar-refractivity contribution in [3.05, 3.63) is 47.6 Å². The van der Waals surface area contributed by atoms with Crippen LogP contribution in [-0.4, -0.2) is 113 Å². The molecule has 2 saturated heterocycles. The van der Waals surface area contributed by atoms with Gasteiger partial charge >= 0.3 is 5.97 Å².